The van der Waals surface area contributed by atoms with E-state index >= 15 is 0 Å². The number of halogens is 1. The second-order valence-corrected chi connectivity index (χ2v) is 3.99. The molecule has 1 aromatic rings. The minimum atomic E-state index is 0.341. The van der Waals surface area contributed by atoms with Crippen LogP contribution in [0.3, 0.4) is 0 Å². The molecule has 0 amide bonds. The van der Waals surface area contributed by atoms with Gasteiger partial charge in [0.1, 0.15) is 0 Å². The first-order chi connectivity index (χ1) is 6.24. The molecule has 0 aliphatic heterocycles. The smallest absolute Gasteiger partial charge is 0.0571 e. The molecule has 1 atom stereocenters. The summed E-state index contributed by atoms with van der Waals surface area (Å²) in [6, 6.07) is 4.40. The molecule has 1 N–H and O–H groups in total. The molecule has 1 heterocycles. The van der Waals surface area contributed by atoms with Crippen molar-refractivity contribution in [1.82, 2.24) is 10.3 Å². The van der Waals surface area contributed by atoms with E-state index in [2.05, 4.69) is 40.1 Å². The van der Waals surface area contributed by atoms with Gasteiger partial charge in [-0.3, -0.25) is 4.98 Å². The highest BCUT2D eigenvalue weighted by atomic mass is 79.9. The van der Waals surface area contributed by atoms with Gasteiger partial charge in [-0.1, -0.05) is 6.92 Å². The molecule has 0 aliphatic carbocycles. The summed E-state index contributed by atoms with van der Waals surface area (Å²) < 4.78 is 1.03. The molecule has 0 aliphatic rings. The van der Waals surface area contributed by atoms with Crippen LogP contribution < -0.4 is 5.32 Å². The molecule has 0 saturated carbocycles. The monoisotopic (exact) mass is 242 g/mol. The average molecular weight is 243 g/mol. The van der Waals surface area contributed by atoms with Crippen LogP contribution in [0, 0.1) is 0 Å². The zero-order chi connectivity index (χ0) is 9.68. The van der Waals surface area contributed by atoms with Crippen LogP contribution in [0.1, 0.15) is 32.0 Å². The molecule has 0 radical (unpaired) electrons. The van der Waals surface area contributed by atoms with Crippen molar-refractivity contribution in [3.63, 3.8) is 0 Å². The van der Waals surface area contributed by atoms with Crippen LogP contribution in [-0.2, 0) is 0 Å². The summed E-state index contributed by atoms with van der Waals surface area (Å²) in [7, 11) is 0. The largest absolute Gasteiger partial charge is 0.309 e. The zero-order valence-electron chi connectivity index (χ0n) is 8.05. The van der Waals surface area contributed by atoms with Crippen molar-refractivity contribution in [3.8, 4) is 0 Å². The Kier molecular flexibility index (Phi) is 4.39. The first kappa shape index (κ1) is 10.7. The van der Waals surface area contributed by atoms with Gasteiger partial charge >= 0.3 is 0 Å². The lowest BCUT2D eigenvalue weighted by Crippen LogP contribution is -2.20. The van der Waals surface area contributed by atoms with Gasteiger partial charge in [0, 0.05) is 16.7 Å². The van der Waals surface area contributed by atoms with Gasteiger partial charge in [0.25, 0.3) is 0 Å². The van der Waals surface area contributed by atoms with Gasteiger partial charge < -0.3 is 5.32 Å². The second kappa shape index (κ2) is 5.35. The molecule has 0 spiro atoms. The number of nitrogens with one attached hydrogen (secondary N) is 1. The van der Waals surface area contributed by atoms with Crippen molar-refractivity contribution < 1.29 is 0 Å². The highest BCUT2D eigenvalue weighted by Crippen LogP contribution is 2.12. The third-order valence-electron chi connectivity index (χ3n) is 1.89. The summed E-state index contributed by atoms with van der Waals surface area (Å²) in [5, 5.41) is 3.39. The van der Waals surface area contributed by atoms with E-state index in [1.54, 1.807) is 0 Å². The SMILES string of the molecule is CCCNC(C)c1ccc(Br)cn1. The first-order valence-corrected chi connectivity index (χ1v) is 5.38. The molecular weight excluding hydrogens is 228 g/mol. The number of hydrogen-bond donors (Lipinski definition) is 1. The molecule has 1 rings (SSSR count). The Labute approximate surface area is 87.9 Å². The number of hydrogen-bond acceptors (Lipinski definition) is 2. The van der Waals surface area contributed by atoms with Crippen molar-refractivity contribution in [2.75, 3.05) is 6.54 Å². The maximum atomic E-state index is 4.32. The molecule has 3 heteroatoms. The zero-order valence-corrected chi connectivity index (χ0v) is 9.63. The minimum Gasteiger partial charge on any atom is -0.309 e. The Morgan fingerprint density at radius 1 is 1.54 bits per heavy atom. The fourth-order valence-electron chi connectivity index (χ4n) is 1.11. The standard InChI is InChI=1S/C10H15BrN2/c1-3-6-12-8(2)10-5-4-9(11)7-13-10/h4-5,7-8,12H,3,6H2,1-2H3. The van der Waals surface area contributed by atoms with Crippen molar-refractivity contribution in [2.24, 2.45) is 0 Å². The molecule has 1 unspecified atom stereocenters. The van der Waals surface area contributed by atoms with Gasteiger partial charge in [-0.15, -0.1) is 0 Å². The quantitative estimate of drug-likeness (QED) is 0.879. The van der Waals surface area contributed by atoms with E-state index in [0.717, 1.165) is 23.1 Å². The number of nitrogens with zero attached hydrogens (tertiary/aromatic N) is 1. The lowest BCUT2D eigenvalue weighted by Gasteiger charge is -2.11. The highest BCUT2D eigenvalue weighted by Gasteiger charge is 2.03. The van der Waals surface area contributed by atoms with Crippen molar-refractivity contribution in [2.45, 2.75) is 26.3 Å². The molecule has 0 bridgehead atoms. The van der Waals surface area contributed by atoms with Gasteiger partial charge in [-0.25, -0.2) is 0 Å². The predicted molar refractivity (Wildman–Crippen MR) is 58.6 cm³/mol. The van der Waals surface area contributed by atoms with E-state index < -0.39 is 0 Å². The molecule has 0 fully saturated rings. The van der Waals surface area contributed by atoms with Crippen molar-refractivity contribution in [1.29, 1.82) is 0 Å². The molecule has 0 saturated heterocycles. The Morgan fingerprint density at radius 2 is 2.31 bits per heavy atom. The maximum absolute atomic E-state index is 4.32. The lowest BCUT2D eigenvalue weighted by atomic mass is 10.2. The Balaban J connectivity index is 2.55. The van der Waals surface area contributed by atoms with Gasteiger partial charge in [0.05, 0.1) is 5.69 Å². The van der Waals surface area contributed by atoms with Gasteiger partial charge in [-0.2, -0.15) is 0 Å². The maximum Gasteiger partial charge on any atom is 0.0571 e. The summed E-state index contributed by atoms with van der Waals surface area (Å²) in [5.74, 6) is 0. The van der Waals surface area contributed by atoms with Crippen molar-refractivity contribution in [3.05, 3.63) is 28.5 Å². The molecular formula is C10H15BrN2. The number of pyridine rings is 1. The third kappa shape index (κ3) is 3.44. The summed E-state index contributed by atoms with van der Waals surface area (Å²) in [4.78, 5) is 4.32. The number of rotatable bonds is 4. The fraction of sp³-hybridized carbons (Fsp3) is 0.500. The van der Waals surface area contributed by atoms with Crippen LogP contribution in [0.25, 0.3) is 0 Å². The topological polar surface area (TPSA) is 24.9 Å². The van der Waals surface area contributed by atoms with E-state index in [4.69, 9.17) is 0 Å². The normalized spacial score (nSPS) is 12.8. The van der Waals surface area contributed by atoms with Gasteiger partial charge in [0.15, 0.2) is 0 Å². The second-order valence-electron chi connectivity index (χ2n) is 3.08. The highest BCUT2D eigenvalue weighted by molar-refractivity contribution is 9.10. The lowest BCUT2D eigenvalue weighted by molar-refractivity contribution is 0.558. The van der Waals surface area contributed by atoms with E-state index in [1.807, 2.05) is 18.3 Å². The fourth-order valence-corrected chi connectivity index (χ4v) is 1.34. The minimum absolute atomic E-state index is 0.341. The molecule has 2 nitrogen and oxygen atoms in total. The van der Waals surface area contributed by atoms with Crippen molar-refractivity contribution >= 4 is 15.9 Å². The summed E-state index contributed by atoms with van der Waals surface area (Å²) >= 11 is 3.36. The summed E-state index contributed by atoms with van der Waals surface area (Å²) in [5.41, 5.74) is 1.09. The number of aromatic nitrogens is 1. The third-order valence-corrected chi connectivity index (χ3v) is 2.36. The predicted octanol–water partition coefficient (Wildman–Crippen LogP) is 2.90. The van der Waals surface area contributed by atoms with Crippen LogP contribution in [0.5, 0.6) is 0 Å². The van der Waals surface area contributed by atoms with Crippen LogP contribution in [0.15, 0.2) is 22.8 Å². The Morgan fingerprint density at radius 3 is 2.85 bits per heavy atom. The van der Waals surface area contributed by atoms with Crippen LogP contribution in [-0.4, -0.2) is 11.5 Å². The average Bonchev–Trinajstić information content (AvgIpc) is 2.15. The van der Waals surface area contributed by atoms with Crippen LogP contribution in [0.4, 0.5) is 0 Å². The Bertz CT molecular complexity index is 246. The summed E-state index contributed by atoms with van der Waals surface area (Å²) in [6.07, 6.45) is 2.99. The van der Waals surface area contributed by atoms with E-state index in [9.17, 15) is 0 Å². The van der Waals surface area contributed by atoms with Crippen LogP contribution >= 0.6 is 15.9 Å². The van der Waals surface area contributed by atoms with E-state index in [-0.39, 0.29) is 0 Å². The molecule has 1 aromatic heterocycles. The molecule has 13 heavy (non-hydrogen) atoms. The summed E-state index contributed by atoms with van der Waals surface area (Å²) in [6.45, 7) is 5.33. The molecule has 72 valence electrons. The Hall–Kier alpha value is -0.410. The van der Waals surface area contributed by atoms with Gasteiger partial charge in [-0.05, 0) is 48.0 Å². The van der Waals surface area contributed by atoms with Gasteiger partial charge in [0.2, 0.25) is 0 Å². The first-order valence-electron chi connectivity index (χ1n) is 4.59. The van der Waals surface area contributed by atoms with E-state index in [1.165, 1.54) is 0 Å². The van der Waals surface area contributed by atoms with E-state index in [0.29, 0.717) is 6.04 Å². The molecule has 0 aromatic carbocycles. The van der Waals surface area contributed by atoms with Crippen LogP contribution in [0.2, 0.25) is 0 Å².